The average molecular weight is 273 g/mol. The van der Waals surface area contributed by atoms with Crippen LogP contribution in [0.5, 0.6) is 0 Å². The SMILES string of the molecule is O=C(c1cnc2ccccc2c1)C1CC1c1ccccc1. The highest BCUT2D eigenvalue weighted by atomic mass is 16.1. The van der Waals surface area contributed by atoms with Crippen LogP contribution in [0.2, 0.25) is 0 Å². The van der Waals surface area contributed by atoms with E-state index in [1.54, 1.807) is 6.20 Å². The van der Waals surface area contributed by atoms with Gasteiger partial charge in [-0.3, -0.25) is 9.78 Å². The molecule has 2 nitrogen and oxygen atoms in total. The molecule has 1 aliphatic rings. The lowest BCUT2D eigenvalue weighted by atomic mass is 10.0. The Morgan fingerprint density at radius 1 is 1.00 bits per heavy atom. The van der Waals surface area contributed by atoms with Crippen LogP contribution in [0.25, 0.3) is 10.9 Å². The van der Waals surface area contributed by atoms with Crippen molar-refractivity contribution < 1.29 is 4.79 Å². The molecular weight excluding hydrogens is 258 g/mol. The van der Waals surface area contributed by atoms with Crippen LogP contribution in [0.4, 0.5) is 0 Å². The van der Waals surface area contributed by atoms with Crippen LogP contribution in [-0.4, -0.2) is 10.8 Å². The van der Waals surface area contributed by atoms with Crippen molar-refractivity contribution in [1.29, 1.82) is 0 Å². The number of benzene rings is 2. The Morgan fingerprint density at radius 3 is 2.62 bits per heavy atom. The number of pyridine rings is 1. The van der Waals surface area contributed by atoms with Gasteiger partial charge in [-0.05, 0) is 30.0 Å². The lowest BCUT2D eigenvalue weighted by molar-refractivity contribution is 0.0965. The van der Waals surface area contributed by atoms with Crippen molar-refractivity contribution in [1.82, 2.24) is 4.98 Å². The molecular formula is C19H15NO. The van der Waals surface area contributed by atoms with Crippen LogP contribution >= 0.6 is 0 Å². The fraction of sp³-hybridized carbons (Fsp3) is 0.158. The Morgan fingerprint density at radius 2 is 1.76 bits per heavy atom. The first-order valence-electron chi connectivity index (χ1n) is 7.27. The number of para-hydroxylation sites is 1. The largest absolute Gasteiger partial charge is 0.294 e. The van der Waals surface area contributed by atoms with Crippen LogP contribution in [0.3, 0.4) is 0 Å². The molecule has 21 heavy (non-hydrogen) atoms. The number of carbonyl (C=O) groups excluding carboxylic acids is 1. The van der Waals surface area contributed by atoms with Gasteiger partial charge in [0.05, 0.1) is 5.52 Å². The highest BCUT2D eigenvalue weighted by Crippen LogP contribution is 2.49. The molecule has 0 spiro atoms. The van der Waals surface area contributed by atoms with Gasteiger partial charge in [0.1, 0.15) is 0 Å². The lowest BCUT2D eigenvalue weighted by Gasteiger charge is -2.03. The zero-order valence-corrected chi connectivity index (χ0v) is 11.6. The van der Waals surface area contributed by atoms with Gasteiger partial charge in [-0.25, -0.2) is 0 Å². The molecule has 0 N–H and O–H groups in total. The van der Waals surface area contributed by atoms with E-state index in [4.69, 9.17) is 0 Å². The van der Waals surface area contributed by atoms with E-state index in [0.717, 1.165) is 22.9 Å². The normalized spacial score (nSPS) is 20.4. The first-order chi connectivity index (χ1) is 10.3. The molecule has 1 fully saturated rings. The van der Waals surface area contributed by atoms with Crippen LogP contribution in [-0.2, 0) is 0 Å². The molecule has 2 atom stereocenters. The highest BCUT2D eigenvalue weighted by molar-refractivity contribution is 6.02. The maximum absolute atomic E-state index is 12.6. The van der Waals surface area contributed by atoms with E-state index in [1.165, 1.54) is 5.56 Å². The summed E-state index contributed by atoms with van der Waals surface area (Å²) < 4.78 is 0. The monoisotopic (exact) mass is 273 g/mol. The van der Waals surface area contributed by atoms with E-state index in [1.807, 2.05) is 48.5 Å². The van der Waals surface area contributed by atoms with Gasteiger partial charge in [0.25, 0.3) is 0 Å². The fourth-order valence-corrected chi connectivity index (χ4v) is 2.97. The molecule has 1 aliphatic carbocycles. The maximum atomic E-state index is 12.6. The molecule has 2 heteroatoms. The third kappa shape index (κ3) is 2.23. The Hall–Kier alpha value is -2.48. The van der Waals surface area contributed by atoms with E-state index >= 15 is 0 Å². The number of nitrogens with zero attached hydrogens (tertiary/aromatic N) is 1. The number of fused-ring (bicyclic) bond motifs is 1. The second kappa shape index (κ2) is 4.81. The Balaban J connectivity index is 1.60. The minimum Gasteiger partial charge on any atom is -0.294 e. The quantitative estimate of drug-likeness (QED) is 0.669. The molecule has 102 valence electrons. The number of aromatic nitrogens is 1. The molecule has 4 rings (SSSR count). The van der Waals surface area contributed by atoms with Crippen LogP contribution in [0.15, 0.2) is 66.9 Å². The molecule has 1 saturated carbocycles. The predicted molar refractivity (Wildman–Crippen MR) is 83.4 cm³/mol. The zero-order valence-electron chi connectivity index (χ0n) is 11.6. The van der Waals surface area contributed by atoms with Gasteiger partial charge in [0, 0.05) is 23.1 Å². The average Bonchev–Trinajstić information content (AvgIpc) is 3.35. The van der Waals surface area contributed by atoms with Crippen molar-refractivity contribution in [2.24, 2.45) is 5.92 Å². The van der Waals surface area contributed by atoms with Gasteiger partial charge in [0.15, 0.2) is 5.78 Å². The topological polar surface area (TPSA) is 30.0 Å². The number of hydrogen-bond donors (Lipinski definition) is 0. The third-order valence-corrected chi connectivity index (χ3v) is 4.23. The summed E-state index contributed by atoms with van der Waals surface area (Å²) >= 11 is 0. The molecule has 0 radical (unpaired) electrons. The Kier molecular flexibility index (Phi) is 2.81. The van der Waals surface area contributed by atoms with E-state index in [0.29, 0.717) is 5.92 Å². The summed E-state index contributed by atoms with van der Waals surface area (Å²) in [5.74, 6) is 0.725. The van der Waals surface area contributed by atoms with Crippen LogP contribution in [0.1, 0.15) is 28.3 Å². The minimum absolute atomic E-state index is 0.121. The van der Waals surface area contributed by atoms with Gasteiger partial charge in [-0.15, -0.1) is 0 Å². The van der Waals surface area contributed by atoms with E-state index in [9.17, 15) is 4.79 Å². The summed E-state index contributed by atoms with van der Waals surface area (Å²) in [6, 6.07) is 20.2. The van der Waals surface area contributed by atoms with Crippen molar-refractivity contribution in [3.63, 3.8) is 0 Å². The van der Waals surface area contributed by atoms with Gasteiger partial charge in [0.2, 0.25) is 0 Å². The summed E-state index contributed by atoms with van der Waals surface area (Å²) in [4.78, 5) is 17.0. The second-order valence-electron chi connectivity index (χ2n) is 5.64. The van der Waals surface area contributed by atoms with Crippen LogP contribution < -0.4 is 0 Å². The van der Waals surface area contributed by atoms with E-state index in [2.05, 4.69) is 17.1 Å². The standard InChI is InChI=1S/C19H15NO/c21-19(17-11-16(17)13-6-2-1-3-7-13)15-10-14-8-4-5-9-18(14)20-12-15/h1-10,12,16-17H,11H2. The van der Waals surface area contributed by atoms with Crippen LogP contribution in [0, 0.1) is 5.92 Å². The van der Waals surface area contributed by atoms with Crippen molar-refractivity contribution >= 4 is 16.7 Å². The number of Topliss-reactive ketones (excluding diaryl/α,β-unsaturated/α-hetero) is 1. The number of ketones is 1. The summed E-state index contributed by atoms with van der Waals surface area (Å²) in [5.41, 5.74) is 2.94. The van der Waals surface area contributed by atoms with Gasteiger partial charge in [-0.2, -0.15) is 0 Å². The van der Waals surface area contributed by atoms with Crippen molar-refractivity contribution in [2.75, 3.05) is 0 Å². The molecule has 1 heterocycles. The van der Waals surface area contributed by atoms with E-state index < -0.39 is 0 Å². The Bertz CT molecular complexity index is 810. The van der Waals surface area contributed by atoms with E-state index in [-0.39, 0.29) is 11.7 Å². The summed E-state index contributed by atoms with van der Waals surface area (Å²) in [6.45, 7) is 0. The summed E-state index contributed by atoms with van der Waals surface area (Å²) in [5, 5.41) is 1.03. The van der Waals surface area contributed by atoms with Crippen molar-refractivity contribution in [3.8, 4) is 0 Å². The first kappa shape index (κ1) is 12.3. The molecule has 1 aromatic heterocycles. The summed E-state index contributed by atoms with van der Waals surface area (Å²) in [7, 11) is 0. The number of hydrogen-bond acceptors (Lipinski definition) is 2. The predicted octanol–water partition coefficient (Wildman–Crippen LogP) is 4.22. The highest BCUT2D eigenvalue weighted by Gasteiger charge is 2.43. The van der Waals surface area contributed by atoms with Gasteiger partial charge in [-0.1, -0.05) is 48.5 Å². The second-order valence-corrected chi connectivity index (χ2v) is 5.64. The molecule has 0 amide bonds. The number of carbonyl (C=O) groups is 1. The third-order valence-electron chi connectivity index (χ3n) is 4.23. The molecule has 2 unspecified atom stereocenters. The zero-order chi connectivity index (χ0) is 14.2. The van der Waals surface area contributed by atoms with Crippen molar-refractivity contribution in [3.05, 3.63) is 78.0 Å². The minimum atomic E-state index is 0.121. The smallest absolute Gasteiger partial charge is 0.168 e. The van der Waals surface area contributed by atoms with Crippen molar-refractivity contribution in [2.45, 2.75) is 12.3 Å². The molecule has 2 aromatic carbocycles. The lowest BCUT2D eigenvalue weighted by Crippen LogP contribution is -2.03. The summed E-state index contributed by atoms with van der Waals surface area (Å²) in [6.07, 6.45) is 2.67. The van der Waals surface area contributed by atoms with Gasteiger partial charge >= 0.3 is 0 Å². The molecule has 0 aliphatic heterocycles. The van der Waals surface area contributed by atoms with Gasteiger partial charge < -0.3 is 0 Å². The number of rotatable bonds is 3. The molecule has 3 aromatic rings. The Labute approximate surface area is 123 Å². The first-order valence-corrected chi connectivity index (χ1v) is 7.27. The maximum Gasteiger partial charge on any atom is 0.168 e. The molecule has 0 saturated heterocycles. The molecule has 0 bridgehead atoms. The fourth-order valence-electron chi connectivity index (χ4n) is 2.97.